The number of hydrogen-bond acceptors (Lipinski definition) is 3. The van der Waals surface area contributed by atoms with Crippen LogP contribution in [0.5, 0.6) is 0 Å². The second-order valence-corrected chi connectivity index (χ2v) is 7.80. The Balaban J connectivity index is 1.56. The van der Waals surface area contributed by atoms with Gasteiger partial charge in [0.2, 0.25) is 5.91 Å². The van der Waals surface area contributed by atoms with Gasteiger partial charge in [0.25, 0.3) is 0 Å². The molecule has 2 aliphatic heterocycles. The number of aromatic nitrogens is 2. The van der Waals surface area contributed by atoms with Gasteiger partial charge in [0.15, 0.2) is 0 Å². The van der Waals surface area contributed by atoms with E-state index in [2.05, 4.69) is 45.4 Å². The number of carbonyl (C=O) groups is 1. The van der Waals surface area contributed by atoms with Gasteiger partial charge in [-0.3, -0.25) is 9.89 Å². The van der Waals surface area contributed by atoms with Gasteiger partial charge in [-0.2, -0.15) is 5.10 Å². The maximum Gasteiger partial charge on any atom is 0.230 e. The van der Waals surface area contributed by atoms with Gasteiger partial charge in [0, 0.05) is 29.0 Å². The SMILES string of the molecule is O=C(C1C=C(c2cn[nH]c2)SC1)N1CCCCCC1c1ccccc1. The second kappa shape index (κ2) is 7.48. The zero-order valence-corrected chi connectivity index (χ0v) is 15.0. The van der Waals surface area contributed by atoms with Gasteiger partial charge in [-0.1, -0.05) is 49.2 Å². The number of benzene rings is 1. The highest BCUT2D eigenvalue weighted by Crippen LogP contribution is 2.39. The predicted octanol–water partition coefficient (Wildman–Crippen LogP) is 4.26. The van der Waals surface area contributed by atoms with E-state index in [1.165, 1.54) is 18.4 Å². The minimum atomic E-state index is -0.0285. The van der Waals surface area contributed by atoms with Crippen LogP contribution in [0.2, 0.25) is 0 Å². The first-order chi connectivity index (χ1) is 12.3. The topological polar surface area (TPSA) is 49.0 Å². The second-order valence-electron chi connectivity index (χ2n) is 6.74. The van der Waals surface area contributed by atoms with Crippen molar-refractivity contribution >= 4 is 22.6 Å². The molecule has 4 nitrogen and oxygen atoms in total. The van der Waals surface area contributed by atoms with Gasteiger partial charge in [-0.25, -0.2) is 0 Å². The lowest BCUT2D eigenvalue weighted by Crippen LogP contribution is -2.38. The van der Waals surface area contributed by atoms with E-state index in [-0.39, 0.29) is 17.9 Å². The maximum atomic E-state index is 13.3. The summed E-state index contributed by atoms with van der Waals surface area (Å²) in [5.41, 5.74) is 2.35. The van der Waals surface area contributed by atoms with E-state index in [1.54, 1.807) is 11.8 Å². The third kappa shape index (κ3) is 3.52. The van der Waals surface area contributed by atoms with E-state index < -0.39 is 0 Å². The summed E-state index contributed by atoms with van der Waals surface area (Å²) in [5, 5.41) is 6.87. The summed E-state index contributed by atoms with van der Waals surface area (Å²) < 4.78 is 0. The van der Waals surface area contributed by atoms with Crippen molar-refractivity contribution in [2.75, 3.05) is 12.3 Å². The molecule has 1 N–H and O–H groups in total. The molecule has 2 aliphatic rings. The molecule has 2 aromatic rings. The maximum absolute atomic E-state index is 13.3. The highest BCUT2D eigenvalue weighted by molar-refractivity contribution is 8.08. The van der Waals surface area contributed by atoms with Crippen molar-refractivity contribution in [2.24, 2.45) is 5.92 Å². The van der Waals surface area contributed by atoms with Gasteiger partial charge in [0.05, 0.1) is 18.2 Å². The van der Waals surface area contributed by atoms with Gasteiger partial charge < -0.3 is 4.90 Å². The Kier molecular flexibility index (Phi) is 4.92. The van der Waals surface area contributed by atoms with E-state index in [4.69, 9.17) is 0 Å². The van der Waals surface area contributed by atoms with Crippen molar-refractivity contribution in [1.82, 2.24) is 15.1 Å². The number of amides is 1. The van der Waals surface area contributed by atoms with Crippen LogP contribution < -0.4 is 0 Å². The third-order valence-electron chi connectivity index (χ3n) is 5.09. The standard InChI is InChI=1S/C20H23N3OS/c24-20(16-11-19(25-14-16)17-12-21-22-13-17)23-10-6-2-5-9-18(23)15-7-3-1-4-8-15/h1,3-4,7-8,11-13,16,18H,2,5-6,9-10,14H2,(H,21,22). The van der Waals surface area contributed by atoms with Crippen LogP contribution in [-0.2, 0) is 4.79 Å². The molecule has 1 aromatic heterocycles. The Labute approximate surface area is 152 Å². The van der Waals surface area contributed by atoms with Gasteiger partial charge in [-0.15, -0.1) is 11.8 Å². The van der Waals surface area contributed by atoms with Crippen LogP contribution in [0.1, 0.15) is 42.9 Å². The lowest BCUT2D eigenvalue weighted by molar-refractivity contribution is -0.135. The third-order valence-corrected chi connectivity index (χ3v) is 6.30. The summed E-state index contributed by atoms with van der Waals surface area (Å²) >= 11 is 1.76. The zero-order valence-electron chi connectivity index (χ0n) is 14.2. The first kappa shape index (κ1) is 16.5. The molecular weight excluding hydrogens is 330 g/mol. The number of H-pyrrole nitrogens is 1. The monoisotopic (exact) mass is 353 g/mol. The molecule has 2 unspecified atom stereocenters. The largest absolute Gasteiger partial charge is 0.335 e. The lowest BCUT2D eigenvalue weighted by Gasteiger charge is -2.32. The Morgan fingerprint density at radius 3 is 2.88 bits per heavy atom. The van der Waals surface area contributed by atoms with Crippen LogP contribution in [0.3, 0.4) is 0 Å². The normalized spacial score (nSPS) is 24.0. The first-order valence-electron chi connectivity index (χ1n) is 9.02. The highest BCUT2D eigenvalue weighted by Gasteiger charge is 2.33. The molecule has 1 fully saturated rings. The molecule has 2 atom stereocenters. The molecule has 1 aromatic carbocycles. The molecular formula is C20H23N3OS. The van der Waals surface area contributed by atoms with Crippen LogP contribution in [0.15, 0.2) is 48.8 Å². The number of rotatable bonds is 3. The molecule has 5 heteroatoms. The average Bonchev–Trinajstić information content (AvgIpc) is 3.29. The first-order valence-corrected chi connectivity index (χ1v) is 10.0. The summed E-state index contributed by atoms with van der Waals surface area (Å²) in [6.07, 6.45) is 10.4. The predicted molar refractivity (Wildman–Crippen MR) is 102 cm³/mol. The highest BCUT2D eigenvalue weighted by atomic mass is 32.2. The van der Waals surface area contributed by atoms with Crippen LogP contribution >= 0.6 is 11.8 Å². The van der Waals surface area contributed by atoms with Crippen molar-refractivity contribution in [3.8, 4) is 0 Å². The Hall–Kier alpha value is -2.01. The average molecular weight is 353 g/mol. The minimum Gasteiger partial charge on any atom is -0.335 e. The summed E-state index contributed by atoms with van der Waals surface area (Å²) in [5.74, 6) is 1.08. The lowest BCUT2D eigenvalue weighted by atomic mass is 9.99. The van der Waals surface area contributed by atoms with E-state index in [1.807, 2.05) is 18.5 Å². The van der Waals surface area contributed by atoms with Crippen molar-refractivity contribution in [3.63, 3.8) is 0 Å². The number of carbonyl (C=O) groups excluding carboxylic acids is 1. The van der Waals surface area contributed by atoms with E-state index in [9.17, 15) is 4.79 Å². The van der Waals surface area contributed by atoms with Crippen LogP contribution in [-0.4, -0.2) is 33.3 Å². The molecule has 0 spiro atoms. The molecule has 3 heterocycles. The van der Waals surface area contributed by atoms with Gasteiger partial charge in [0.1, 0.15) is 0 Å². The van der Waals surface area contributed by atoms with Crippen LogP contribution in [0, 0.1) is 5.92 Å². The summed E-state index contributed by atoms with van der Waals surface area (Å²) in [6.45, 7) is 0.869. The Morgan fingerprint density at radius 2 is 2.08 bits per heavy atom. The van der Waals surface area contributed by atoms with Crippen molar-refractivity contribution in [3.05, 3.63) is 59.9 Å². The quantitative estimate of drug-likeness (QED) is 0.897. The molecule has 1 saturated heterocycles. The Bertz CT molecular complexity index is 742. The minimum absolute atomic E-state index is 0.0285. The van der Waals surface area contributed by atoms with Crippen molar-refractivity contribution in [2.45, 2.75) is 31.7 Å². The van der Waals surface area contributed by atoms with Crippen LogP contribution in [0.25, 0.3) is 4.91 Å². The summed E-state index contributed by atoms with van der Waals surface area (Å²) in [6, 6.07) is 10.7. The molecule has 0 aliphatic carbocycles. The van der Waals surface area contributed by atoms with Crippen molar-refractivity contribution < 1.29 is 4.79 Å². The smallest absolute Gasteiger partial charge is 0.230 e. The van der Waals surface area contributed by atoms with E-state index in [0.717, 1.165) is 35.6 Å². The molecule has 0 saturated carbocycles. The summed E-state index contributed by atoms with van der Waals surface area (Å²) in [7, 11) is 0. The zero-order chi connectivity index (χ0) is 17.1. The molecule has 1 amide bonds. The molecule has 130 valence electrons. The Morgan fingerprint density at radius 1 is 1.20 bits per heavy atom. The number of hydrogen-bond donors (Lipinski definition) is 1. The number of nitrogens with zero attached hydrogens (tertiary/aromatic N) is 2. The fraction of sp³-hybridized carbons (Fsp3) is 0.400. The molecule has 4 rings (SSSR count). The van der Waals surface area contributed by atoms with Gasteiger partial charge >= 0.3 is 0 Å². The fourth-order valence-electron chi connectivity index (χ4n) is 3.77. The fourth-order valence-corrected chi connectivity index (χ4v) is 4.91. The number of thioether (sulfide) groups is 1. The number of nitrogens with one attached hydrogen (secondary N) is 1. The molecule has 0 radical (unpaired) electrons. The van der Waals surface area contributed by atoms with Crippen molar-refractivity contribution in [1.29, 1.82) is 0 Å². The number of aromatic amines is 1. The van der Waals surface area contributed by atoms with Gasteiger partial charge in [-0.05, 0) is 18.4 Å². The van der Waals surface area contributed by atoms with E-state index >= 15 is 0 Å². The molecule has 25 heavy (non-hydrogen) atoms. The van der Waals surface area contributed by atoms with E-state index in [0.29, 0.717) is 0 Å². The summed E-state index contributed by atoms with van der Waals surface area (Å²) in [4.78, 5) is 16.6. The number of likely N-dealkylation sites (tertiary alicyclic amines) is 1. The van der Waals surface area contributed by atoms with Crippen LogP contribution in [0.4, 0.5) is 0 Å². The molecule has 0 bridgehead atoms.